The zero-order valence-electron chi connectivity index (χ0n) is 10.9. The summed E-state index contributed by atoms with van der Waals surface area (Å²) in [5.74, 6) is 0. The van der Waals surface area contributed by atoms with E-state index in [0.717, 1.165) is 0 Å². The molecule has 1 rings (SSSR count). The highest BCUT2D eigenvalue weighted by Gasteiger charge is 2.37. The van der Waals surface area contributed by atoms with Crippen LogP contribution in [0.4, 0.5) is 26.3 Å². The second kappa shape index (κ2) is 5.88. The Kier molecular flexibility index (Phi) is 4.99. The van der Waals surface area contributed by atoms with Crippen LogP contribution in [0.25, 0.3) is 0 Å². The molecule has 118 valence electrons. The van der Waals surface area contributed by atoms with Gasteiger partial charge >= 0.3 is 12.4 Å². The molecule has 0 amide bonds. The van der Waals surface area contributed by atoms with E-state index in [4.69, 9.17) is 0 Å². The minimum Gasteiger partial charge on any atom is -0.301 e. The number of aldehydes is 1. The Hall–Kier alpha value is -1.22. The number of carbonyl (C=O) groups is 1. The zero-order valence-corrected chi connectivity index (χ0v) is 11.7. The summed E-state index contributed by atoms with van der Waals surface area (Å²) in [5.41, 5.74) is -3.88. The third-order valence-corrected chi connectivity index (χ3v) is 3.39. The second-order valence-electron chi connectivity index (χ2n) is 4.79. The molecule has 0 fully saturated rings. The molecule has 0 saturated carbocycles. The highest BCUT2D eigenvalue weighted by atomic mass is 32.2. The highest BCUT2D eigenvalue weighted by molar-refractivity contribution is 7.97. The van der Waals surface area contributed by atoms with Crippen LogP contribution in [0.15, 0.2) is 23.1 Å². The molecular formula is C12H11F6NOS. The molecule has 0 aliphatic carbocycles. The summed E-state index contributed by atoms with van der Waals surface area (Å²) in [4.78, 5) is 10.4. The van der Waals surface area contributed by atoms with Crippen molar-refractivity contribution < 1.29 is 31.1 Å². The molecule has 0 radical (unpaired) electrons. The first-order valence-electron chi connectivity index (χ1n) is 5.55. The zero-order chi connectivity index (χ0) is 16.5. The van der Waals surface area contributed by atoms with Crippen molar-refractivity contribution in [2.45, 2.75) is 36.6 Å². The summed E-state index contributed by atoms with van der Waals surface area (Å²) in [6.45, 7) is 2.87. The van der Waals surface area contributed by atoms with Crippen LogP contribution in [0.1, 0.15) is 25.0 Å². The Balaban J connectivity index is 3.17. The van der Waals surface area contributed by atoms with Gasteiger partial charge in [0.25, 0.3) is 0 Å². The van der Waals surface area contributed by atoms with Crippen LogP contribution in [0.5, 0.6) is 0 Å². The molecule has 0 spiro atoms. The maximum absolute atomic E-state index is 12.6. The number of halogens is 6. The maximum atomic E-state index is 12.6. The molecule has 0 heterocycles. The molecule has 0 bridgehead atoms. The van der Waals surface area contributed by atoms with Crippen LogP contribution in [0.2, 0.25) is 0 Å². The first-order chi connectivity index (χ1) is 9.35. The molecule has 0 aromatic heterocycles. The van der Waals surface area contributed by atoms with Crippen LogP contribution in [0.3, 0.4) is 0 Å². The third-order valence-electron chi connectivity index (χ3n) is 2.29. The minimum absolute atomic E-state index is 0.0505. The van der Waals surface area contributed by atoms with Gasteiger partial charge in [-0.05, 0) is 44.0 Å². The van der Waals surface area contributed by atoms with Crippen molar-refractivity contribution >= 4 is 18.2 Å². The highest BCUT2D eigenvalue weighted by Crippen LogP contribution is 2.38. The summed E-state index contributed by atoms with van der Waals surface area (Å²) >= 11 is 0.531. The monoisotopic (exact) mass is 331 g/mol. The van der Waals surface area contributed by atoms with E-state index in [0.29, 0.717) is 30.4 Å². The molecule has 0 unspecified atom stereocenters. The lowest BCUT2D eigenvalue weighted by atomic mass is 10.1. The van der Waals surface area contributed by atoms with Gasteiger partial charge in [0.2, 0.25) is 0 Å². The summed E-state index contributed by atoms with van der Waals surface area (Å²) < 4.78 is 78.2. The maximum Gasteiger partial charge on any atom is 0.416 e. The Bertz CT molecular complexity index is 491. The Morgan fingerprint density at radius 1 is 0.952 bits per heavy atom. The third kappa shape index (κ3) is 5.24. The van der Waals surface area contributed by atoms with Crippen molar-refractivity contribution in [1.29, 1.82) is 0 Å². The second-order valence-corrected chi connectivity index (χ2v) is 5.66. The van der Waals surface area contributed by atoms with E-state index in [9.17, 15) is 31.1 Å². The van der Waals surface area contributed by atoms with Gasteiger partial charge in [-0.25, -0.2) is 4.72 Å². The smallest absolute Gasteiger partial charge is 0.301 e. The molecule has 1 N–H and O–H groups in total. The minimum atomic E-state index is -4.89. The van der Waals surface area contributed by atoms with Crippen molar-refractivity contribution in [3.8, 4) is 0 Å². The number of carbonyl (C=O) groups excluding carboxylic acids is 1. The van der Waals surface area contributed by atoms with Gasteiger partial charge in [-0.15, -0.1) is 0 Å². The van der Waals surface area contributed by atoms with Gasteiger partial charge in [0.15, 0.2) is 0 Å². The predicted molar refractivity (Wildman–Crippen MR) is 65.6 cm³/mol. The lowest BCUT2D eigenvalue weighted by molar-refractivity contribution is -0.143. The number of rotatable bonds is 4. The Labute approximate surface area is 121 Å². The summed E-state index contributed by atoms with van der Waals surface area (Å²) in [5, 5.41) is 0. The topological polar surface area (TPSA) is 29.1 Å². The standard InChI is InChI=1S/C12H11F6NOS/c1-10(2,6-20)19-21-9-4-7(11(13,14)15)3-8(5-9)12(16,17)18/h3-6,19H,1-2H3. The van der Waals surface area contributed by atoms with Crippen LogP contribution < -0.4 is 4.72 Å². The number of nitrogens with one attached hydrogen (secondary N) is 1. The Morgan fingerprint density at radius 2 is 1.38 bits per heavy atom. The van der Waals surface area contributed by atoms with Crippen LogP contribution >= 0.6 is 11.9 Å². The molecule has 0 aliphatic heterocycles. The average molecular weight is 331 g/mol. The van der Waals surface area contributed by atoms with E-state index in [-0.39, 0.29) is 11.0 Å². The van der Waals surface area contributed by atoms with Crippen LogP contribution in [-0.2, 0) is 17.1 Å². The van der Waals surface area contributed by atoms with Gasteiger partial charge in [0.1, 0.15) is 6.29 Å². The van der Waals surface area contributed by atoms with Gasteiger partial charge < -0.3 is 4.79 Å². The molecular weight excluding hydrogens is 320 g/mol. The predicted octanol–water partition coefficient (Wildman–Crippen LogP) is 4.30. The number of hydrogen-bond donors (Lipinski definition) is 1. The summed E-state index contributed by atoms with van der Waals surface area (Å²) in [6.07, 6.45) is -9.29. The van der Waals surface area contributed by atoms with Gasteiger partial charge in [-0.2, -0.15) is 26.3 Å². The molecule has 1 aromatic carbocycles. The van der Waals surface area contributed by atoms with E-state index in [1.54, 1.807) is 0 Å². The molecule has 9 heteroatoms. The first-order valence-corrected chi connectivity index (χ1v) is 6.37. The summed E-state index contributed by atoms with van der Waals surface area (Å²) in [6, 6.07) is 1.23. The van der Waals surface area contributed by atoms with E-state index in [2.05, 4.69) is 4.72 Å². The van der Waals surface area contributed by atoms with Crippen molar-refractivity contribution in [3.63, 3.8) is 0 Å². The van der Waals surface area contributed by atoms with Gasteiger partial charge in [-0.1, -0.05) is 0 Å². The van der Waals surface area contributed by atoms with Crippen LogP contribution in [-0.4, -0.2) is 11.8 Å². The SMILES string of the molecule is CC(C)(C=O)NSc1cc(C(F)(F)F)cc(C(F)(F)F)c1. The fourth-order valence-corrected chi connectivity index (χ4v) is 2.00. The largest absolute Gasteiger partial charge is 0.416 e. The average Bonchev–Trinajstić information content (AvgIpc) is 2.34. The van der Waals surface area contributed by atoms with Gasteiger partial charge in [0.05, 0.1) is 16.7 Å². The van der Waals surface area contributed by atoms with Crippen molar-refractivity contribution in [3.05, 3.63) is 29.3 Å². The molecule has 0 aliphatic rings. The molecule has 0 saturated heterocycles. The summed E-state index contributed by atoms with van der Waals surface area (Å²) in [7, 11) is 0. The molecule has 1 aromatic rings. The van der Waals surface area contributed by atoms with Gasteiger partial charge in [0, 0.05) is 4.90 Å². The fraction of sp³-hybridized carbons (Fsp3) is 0.417. The van der Waals surface area contributed by atoms with E-state index >= 15 is 0 Å². The van der Waals surface area contributed by atoms with Crippen molar-refractivity contribution in [2.24, 2.45) is 0 Å². The normalized spacial score (nSPS) is 13.3. The van der Waals surface area contributed by atoms with Crippen molar-refractivity contribution in [1.82, 2.24) is 4.72 Å². The van der Waals surface area contributed by atoms with E-state index in [1.807, 2.05) is 0 Å². The number of hydrogen-bond acceptors (Lipinski definition) is 3. The fourth-order valence-electron chi connectivity index (χ4n) is 1.20. The van der Waals surface area contributed by atoms with Crippen molar-refractivity contribution in [2.75, 3.05) is 0 Å². The Morgan fingerprint density at radius 3 is 1.71 bits per heavy atom. The number of benzene rings is 1. The lowest BCUT2D eigenvalue weighted by Gasteiger charge is -2.19. The van der Waals surface area contributed by atoms with E-state index < -0.39 is 29.0 Å². The first kappa shape index (κ1) is 17.8. The molecule has 21 heavy (non-hydrogen) atoms. The quantitative estimate of drug-likeness (QED) is 0.507. The molecule has 2 nitrogen and oxygen atoms in total. The number of alkyl halides is 6. The lowest BCUT2D eigenvalue weighted by Crippen LogP contribution is -2.35. The van der Waals surface area contributed by atoms with E-state index in [1.165, 1.54) is 13.8 Å². The molecule has 0 atom stereocenters. The van der Waals surface area contributed by atoms with Crippen LogP contribution in [0, 0.1) is 0 Å². The van der Waals surface area contributed by atoms with Gasteiger partial charge in [-0.3, -0.25) is 0 Å².